The zero-order chi connectivity index (χ0) is 16.1. The predicted molar refractivity (Wildman–Crippen MR) is 78.1 cm³/mol. The largest absolute Gasteiger partial charge is 0.497 e. The minimum absolute atomic E-state index is 0.0349. The van der Waals surface area contributed by atoms with Crippen LogP contribution in [0.2, 0.25) is 0 Å². The maximum absolute atomic E-state index is 13.1. The van der Waals surface area contributed by atoms with E-state index in [1.54, 1.807) is 31.4 Å². The number of carbonyl (C=O) groups is 1. The van der Waals surface area contributed by atoms with Crippen LogP contribution in [0.25, 0.3) is 0 Å². The van der Waals surface area contributed by atoms with E-state index in [1.807, 2.05) is 0 Å². The van der Waals surface area contributed by atoms with E-state index in [1.165, 1.54) is 6.92 Å². The number of halogens is 2. The minimum atomic E-state index is -0.834. The van der Waals surface area contributed by atoms with Crippen LogP contribution in [0.3, 0.4) is 0 Å². The molecule has 22 heavy (non-hydrogen) atoms. The van der Waals surface area contributed by atoms with Gasteiger partial charge in [0, 0.05) is 11.8 Å². The normalized spacial score (nSPS) is 11.6. The molecule has 0 aromatic heterocycles. The molecule has 2 rings (SSSR count). The molecule has 0 fully saturated rings. The van der Waals surface area contributed by atoms with E-state index >= 15 is 0 Å². The third kappa shape index (κ3) is 4.18. The molecule has 4 nitrogen and oxygen atoms in total. The van der Waals surface area contributed by atoms with Gasteiger partial charge in [-0.3, -0.25) is 4.79 Å². The summed E-state index contributed by atoms with van der Waals surface area (Å²) in [5.74, 6) is -0.896. The van der Waals surface area contributed by atoms with Gasteiger partial charge in [-0.15, -0.1) is 0 Å². The van der Waals surface area contributed by atoms with E-state index in [-0.39, 0.29) is 5.69 Å². The number of ether oxygens (including phenoxy) is 2. The second kappa shape index (κ2) is 6.89. The molecular formula is C16H15F2NO3. The lowest BCUT2D eigenvalue weighted by Gasteiger charge is -2.15. The molecule has 0 aliphatic carbocycles. The molecule has 116 valence electrons. The fraction of sp³-hybridized carbons (Fsp3) is 0.188. The second-order valence-electron chi connectivity index (χ2n) is 4.58. The van der Waals surface area contributed by atoms with Crippen molar-refractivity contribution >= 4 is 11.6 Å². The van der Waals surface area contributed by atoms with Crippen LogP contribution in [0.4, 0.5) is 14.5 Å². The molecule has 0 bridgehead atoms. The lowest BCUT2D eigenvalue weighted by molar-refractivity contribution is -0.122. The standard InChI is InChI=1S/C16H15F2NO3/c1-10(22-15-5-3-14(21-2)4-6-15)16(20)19-13-8-11(17)7-12(18)9-13/h3-10H,1-2H3,(H,19,20). The summed E-state index contributed by atoms with van der Waals surface area (Å²) < 4.78 is 36.6. The summed E-state index contributed by atoms with van der Waals surface area (Å²) in [6.07, 6.45) is -0.834. The highest BCUT2D eigenvalue weighted by molar-refractivity contribution is 5.94. The smallest absolute Gasteiger partial charge is 0.265 e. The van der Waals surface area contributed by atoms with Gasteiger partial charge in [0.05, 0.1) is 7.11 Å². The summed E-state index contributed by atoms with van der Waals surface area (Å²) in [7, 11) is 1.55. The van der Waals surface area contributed by atoms with E-state index in [0.29, 0.717) is 11.5 Å². The Morgan fingerprint density at radius 1 is 1.05 bits per heavy atom. The van der Waals surface area contributed by atoms with Crippen LogP contribution in [0.1, 0.15) is 6.92 Å². The predicted octanol–water partition coefficient (Wildman–Crippen LogP) is 3.38. The highest BCUT2D eigenvalue weighted by Crippen LogP contribution is 2.19. The van der Waals surface area contributed by atoms with Gasteiger partial charge in [0.1, 0.15) is 23.1 Å². The van der Waals surface area contributed by atoms with Crippen molar-refractivity contribution in [3.05, 3.63) is 54.1 Å². The number of hydrogen-bond donors (Lipinski definition) is 1. The fourth-order valence-electron chi connectivity index (χ4n) is 1.78. The van der Waals surface area contributed by atoms with E-state index in [9.17, 15) is 13.6 Å². The van der Waals surface area contributed by atoms with Crippen molar-refractivity contribution in [3.63, 3.8) is 0 Å². The number of benzene rings is 2. The van der Waals surface area contributed by atoms with E-state index in [0.717, 1.165) is 18.2 Å². The van der Waals surface area contributed by atoms with Crippen molar-refractivity contribution < 1.29 is 23.0 Å². The second-order valence-corrected chi connectivity index (χ2v) is 4.58. The Morgan fingerprint density at radius 2 is 1.59 bits per heavy atom. The highest BCUT2D eigenvalue weighted by atomic mass is 19.1. The molecule has 0 aliphatic heterocycles. The van der Waals surface area contributed by atoms with Gasteiger partial charge in [0.25, 0.3) is 5.91 Å². The van der Waals surface area contributed by atoms with E-state index in [4.69, 9.17) is 9.47 Å². The first kappa shape index (κ1) is 15.8. The third-order valence-electron chi connectivity index (χ3n) is 2.87. The van der Waals surface area contributed by atoms with Crippen molar-refractivity contribution in [1.82, 2.24) is 0 Å². The molecule has 0 aliphatic rings. The van der Waals surface area contributed by atoms with Crippen LogP contribution in [0.15, 0.2) is 42.5 Å². The van der Waals surface area contributed by atoms with Crippen molar-refractivity contribution in [3.8, 4) is 11.5 Å². The van der Waals surface area contributed by atoms with E-state index in [2.05, 4.69) is 5.32 Å². The average molecular weight is 307 g/mol. The van der Waals surface area contributed by atoms with Crippen LogP contribution >= 0.6 is 0 Å². The zero-order valence-electron chi connectivity index (χ0n) is 12.1. The van der Waals surface area contributed by atoms with E-state index < -0.39 is 23.6 Å². The number of hydrogen-bond acceptors (Lipinski definition) is 3. The Hall–Kier alpha value is -2.63. The van der Waals surface area contributed by atoms with Crippen molar-refractivity contribution in [2.75, 3.05) is 12.4 Å². The van der Waals surface area contributed by atoms with Crippen molar-refractivity contribution in [2.24, 2.45) is 0 Å². The average Bonchev–Trinajstić information content (AvgIpc) is 2.46. The number of amides is 1. The minimum Gasteiger partial charge on any atom is -0.497 e. The molecule has 1 atom stereocenters. The molecule has 6 heteroatoms. The van der Waals surface area contributed by atoms with Gasteiger partial charge in [0.15, 0.2) is 6.10 Å². The topological polar surface area (TPSA) is 47.6 Å². The van der Waals surface area contributed by atoms with Gasteiger partial charge in [-0.25, -0.2) is 8.78 Å². The molecule has 1 amide bonds. The van der Waals surface area contributed by atoms with Gasteiger partial charge >= 0.3 is 0 Å². The van der Waals surface area contributed by atoms with Gasteiger partial charge in [-0.2, -0.15) is 0 Å². The monoisotopic (exact) mass is 307 g/mol. The lowest BCUT2D eigenvalue weighted by Crippen LogP contribution is -2.30. The summed E-state index contributed by atoms with van der Waals surface area (Å²) in [6.45, 7) is 1.54. The molecule has 0 heterocycles. The molecule has 0 saturated carbocycles. The third-order valence-corrected chi connectivity index (χ3v) is 2.87. The fourth-order valence-corrected chi connectivity index (χ4v) is 1.78. The summed E-state index contributed by atoms with van der Waals surface area (Å²) in [5.41, 5.74) is 0.0349. The van der Waals surface area contributed by atoms with Crippen molar-refractivity contribution in [2.45, 2.75) is 13.0 Å². The molecule has 2 aromatic carbocycles. The Kier molecular flexibility index (Phi) is 4.93. The molecule has 0 spiro atoms. The molecule has 1 N–H and O–H groups in total. The maximum Gasteiger partial charge on any atom is 0.265 e. The van der Waals surface area contributed by atoms with Crippen LogP contribution in [0, 0.1) is 11.6 Å². The molecule has 1 unspecified atom stereocenters. The molecule has 2 aromatic rings. The summed E-state index contributed by atoms with van der Waals surface area (Å²) in [4.78, 5) is 12.0. The summed E-state index contributed by atoms with van der Waals surface area (Å²) >= 11 is 0. The molecule has 0 radical (unpaired) electrons. The van der Waals surface area contributed by atoms with Gasteiger partial charge in [0.2, 0.25) is 0 Å². The Balaban J connectivity index is 1.99. The van der Waals surface area contributed by atoms with Gasteiger partial charge < -0.3 is 14.8 Å². The first-order chi connectivity index (χ1) is 10.5. The molecule has 0 saturated heterocycles. The number of carbonyl (C=O) groups excluding carboxylic acids is 1. The maximum atomic E-state index is 13.1. The quantitative estimate of drug-likeness (QED) is 0.921. The first-order valence-electron chi connectivity index (χ1n) is 6.55. The number of methoxy groups -OCH3 is 1. The Morgan fingerprint density at radius 3 is 2.14 bits per heavy atom. The summed E-state index contributed by atoms with van der Waals surface area (Å²) in [5, 5.41) is 2.40. The Labute approximate surface area is 126 Å². The molecular weight excluding hydrogens is 292 g/mol. The van der Waals surface area contributed by atoms with Crippen LogP contribution in [0.5, 0.6) is 11.5 Å². The summed E-state index contributed by atoms with van der Waals surface area (Å²) in [6, 6.07) is 9.49. The number of rotatable bonds is 5. The van der Waals surface area contributed by atoms with Crippen LogP contribution < -0.4 is 14.8 Å². The Bertz CT molecular complexity index is 639. The lowest BCUT2D eigenvalue weighted by atomic mass is 10.2. The highest BCUT2D eigenvalue weighted by Gasteiger charge is 2.15. The van der Waals surface area contributed by atoms with Crippen LogP contribution in [-0.2, 0) is 4.79 Å². The number of nitrogens with one attached hydrogen (secondary N) is 1. The number of anilines is 1. The SMILES string of the molecule is COc1ccc(OC(C)C(=O)Nc2cc(F)cc(F)c2)cc1. The van der Waals surface area contributed by atoms with Gasteiger partial charge in [-0.1, -0.05) is 0 Å². The zero-order valence-corrected chi connectivity index (χ0v) is 12.1. The van der Waals surface area contributed by atoms with Gasteiger partial charge in [-0.05, 0) is 43.3 Å². The first-order valence-corrected chi connectivity index (χ1v) is 6.55. The van der Waals surface area contributed by atoms with Crippen molar-refractivity contribution in [1.29, 1.82) is 0 Å². The van der Waals surface area contributed by atoms with Crippen LogP contribution in [-0.4, -0.2) is 19.1 Å².